The molecule has 0 saturated heterocycles. The van der Waals surface area contributed by atoms with Crippen LogP contribution in [-0.2, 0) is 9.59 Å². The number of fused-ring (bicyclic) bond motifs is 3. The van der Waals surface area contributed by atoms with E-state index in [0.717, 1.165) is 12.5 Å². The van der Waals surface area contributed by atoms with E-state index in [0.29, 0.717) is 17.5 Å². The predicted octanol–water partition coefficient (Wildman–Crippen LogP) is 4.22. The molecule has 0 aromatic heterocycles. The minimum atomic E-state index is -2.89. The van der Waals surface area contributed by atoms with Crippen molar-refractivity contribution in [1.29, 1.82) is 0 Å². The molecule has 5 N–H and O–H groups in total. The standard InChI is InChI=1S/C31H34O8/c1-13(2)21-24(34)19(15(4)32)26(36)31(39)27(37)22-25(35)20-17(14(3)29(22,5)28(38)30(21,31)6)11-12-18(23(20)33)16-9-7-8-10-16/h7-9,11-14,21,28,33-34,37-39H,10H2,1-6H3/t14-,21?,28-,29+,30+,31+/m1/s1. The predicted molar refractivity (Wildman–Crippen MR) is 143 cm³/mol. The summed E-state index contributed by atoms with van der Waals surface area (Å²) in [6.07, 6.45) is 4.50. The van der Waals surface area contributed by atoms with Crippen LogP contribution in [0.1, 0.15) is 75.4 Å². The summed E-state index contributed by atoms with van der Waals surface area (Å²) in [5.41, 5.74) is -5.76. The van der Waals surface area contributed by atoms with Gasteiger partial charge < -0.3 is 25.5 Å². The molecule has 0 fully saturated rings. The number of rotatable bonds is 3. The minimum absolute atomic E-state index is 0.0694. The quantitative estimate of drug-likeness (QED) is 0.362. The molecule has 0 aliphatic heterocycles. The average Bonchev–Trinajstić information content (AvgIpc) is 3.38. The molecule has 39 heavy (non-hydrogen) atoms. The largest absolute Gasteiger partial charge is 0.511 e. The van der Waals surface area contributed by atoms with Gasteiger partial charge in [0.25, 0.3) is 0 Å². The highest BCUT2D eigenvalue weighted by Crippen LogP contribution is 2.67. The van der Waals surface area contributed by atoms with Crippen LogP contribution >= 0.6 is 0 Å². The summed E-state index contributed by atoms with van der Waals surface area (Å²) < 4.78 is 0. The van der Waals surface area contributed by atoms with Gasteiger partial charge in [0, 0.05) is 22.3 Å². The van der Waals surface area contributed by atoms with Gasteiger partial charge in [-0.05, 0) is 36.3 Å². The number of carbonyl (C=O) groups excluding carboxylic acids is 3. The molecule has 4 aliphatic rings. The molecule has 0 amide bonds. The highest BCUT2D eigenvalue weighted by atomic mass is 16.4. The fourth-order valence-corrected chi connectivity index (χ4v) is 7.85. The molecule has 0 bridgehead atoms. The topological polar surface area (TPSA) is 152 Å². The van der Waals surface area contributed by atoms with E-state index in [2.05, 4.69) is 0 Å². The zero-order valence-electron chi connectivity index (χ0n) is 22.9. The van der Waals surface area contributed by atoms with Gasteiger partial charge in [0.05, 0.1) is 17.2 Å². The fourth-order valence-electron chi connectivity index (χ4n) is 7.85. The van der Waals surface area contributed by atoms with E-state index in [1.807, 2.05) is 18.2 Å². The van der Waals surface area contributed by atoms with Gasteiger partial charge in [-0.3, -0.25) is 14.4 Å². The lowest BCUT2D eigenvalue weighted by Crippen LogP contribution is -2.73. The molecule has 8 heteroatoms. The number of Topliss-reactive ketones (excluding diaryl/α,β-unsaturated/α-hetero) is 3. The summed E-state index contributed by atoms with van der Waals surface area (Å²) in [7, 11) is 0. The van der Waals surface area contributed by atoms with E-state index in [4.69, 9.17) is 0 Å². The second-order valence-corrected chi connectivity index (χ2v) is 12.1. The smallest absolute Gasteiger partial charge is 0.209 e. The second-order valence-electron chi connectivity index (χ2n) is 12.1. The van der Waals surface area contributed by atoms with Crippen LogP contribution in [0.15, 0.2) is 53.0 Å². The molecule has 4 aliphatic carbocycles. The van der Waals surface area contributed by atoms with Gasteiger partial charge in [0.2, 0.25) is 5.78 Å². The van der Waals surface area contributed by atoms with Crippen molar-refractivity contribution in [1.82, 2.24) is 0 Å². The number of phenolic OH excluding ortho intramolecular Hbond substituents is 1. The average molecular weight is 535 g/mol. The first-order valence-corrected chi connectivity index (χ1v) is 13.2. The molecule has 1 aromatic carbocycles. The number of carbonyl (C=O) groups is 3. The van der Waals surface area contributed by atoms with Gasteiger partial charge in [-0.1, -0.05) is 65.0 Å². The van der Waals surface area contributed by atoms with E-state index in [1.165, 1.54) is 6.92 Å². The Hall–Kier alpha value is -3.49. The van der Waals surface area contributed by atoms with Crippen LogP contribution in [0.5, 0.6) is 5.75 Å². The Morgan fingerprint density at radius 3 is 2.28 bits per heavy atom. The maximum absolute atomic E-state index is 14.2. The minimum Gasteiger partial charge on any atom is -0.511 e. The lowest BCUT2D eigenvalue weighted by Gasteiger charge is -2.63. The molecule has 0 spiro atoms. The summed E-state index contributed by atoms with van der Waals surface area (Å²) in [5.74, 6) is -6.97. The maximum atomic E-state index is 14.2. The Morgan fingerprint density at radius 1 is 1.10 bits per heavy atom. The van der Waals surface area contributed by atoms with Crippen molar-refractivity contribution < 1.29 is 39.9 Å². The zero-order valence-corrected chi connectivity index (χ0v) is 22.9. The van der Waals surface area contributed by atoms with Gasteiger partial charge in [-0.15, -0.1) is 0 Å². The van der Waals surface area contributed by atoms with Crippen LogP contribution in [0.25, 0.3) is 5.57 Å². The van der Waals surface area contributed by atoms with Crippen molar-refractivity contribution in [3.05, 3.63) is 69.7 Å². The Balaban J connectivity index is 1.86. The molecular weight excluding hydrogens is 500 g/mol. The summed E-state index contributed by atoms with van der Waals surface area (Å²) in [4.78, 5) is 40.5. The van der Waals surface area contributed by atoms with Crippen LogP contribution in [-0.4, -0.2) is 54.6 Å². The lowest BCUT2D eigenvalue weighted by atomic mass is 9.41. The molecule has 1 aromatic rings. The molecule has 0 heterocycles. The molecule has 5 rings (SSSR count). The molecule has 8 nitrogen and oxygen atoms in total. The summed E-state index contributed by atoms with van der Waals surface area (Å²) in [5, 5.41) is 58.7. The number of allylic oxidation sites excluding steroid dienone is 5. The molecule has 206 valence electrons. The summed E-state index contributed by atoms with van der Waals surface area (Å²) >= 11 is 0. The van der Waals surface area contributed by atoms with Crippen molar-refractivity contribution in [3.63, 3.8) is 0 Å². The van der Waals surface area contributed by atoms with Gasteiger partial charge in [-0.25, -0.2) is 0 Å². The van der Waals surface area contributed by atoms with Crippen LogP contribution in [0.2, 0.25) is 0 Å². The number of ketones is 3. The molecule has 1 unspecified atom stereocenters. The van der Waals surface area contributed by atoms with Gasteiger partial charge in [0.15, 0.2) is 17.2 Å². The van der Waals surface area contributed by atoms with E-state index < -0.39 is 74.7 Å². The number of aliphatic hydroxyl groups excluding tert-OH is 3. The summed E-state index contributed by atoms with van der Waals surface area (Å²) in [6.45, 7) is 9.22. The Morgan fingerprint density at radius 2 is 1.74 bits per heavy atom. The summed E-state index contributed by atoms with van der Waals surface area (Å²) in [6, 6.07) is 3.44. The normalized spacial score (nSPS) is 35.7. The van der Waals surface area contributed by atoms with Crippen LogP contribution in [0.3, 0.4) is 0 Å². The molecule has 0 saturated carbocycles. The second kappa shape index (κ2) is 8.26. The van der Waals surface area contributed by atoms with Gasteiger partial charge >= 0.3 is 0 Å². The number of benzene rings is 1. The monoisotopic (exact) mass is 534 g/mol. The van der Waals surface area contributed by atoms with E-state index in [9.17, 15) is 39.9 Å². The van der Waals surface area contributed by atoms with Crippen molar-refractivity contribution in [2.75, 3.05) is 0 Å². The van der Waals surface area contributed by atoms with Crippen molar-refractivity contribution >= 4 is 22.9 Å². The Bertz CT molecular complexity index is 1490. The van der Waals surface area contributed by atoms with Crippen molar-refractivity contribution in [2.45, 2.75) is 65.6 Å². The highest BCUT2D eigenvalue weighted by Gasteiger charge is 2.76. The van der Waals surface area contributed by atoms with E-state index in [1.54, 1.807) is 39.8 Å². The number of hydrogen-bond donors (Lipinski definition) is 5. The highest BCUT2D eigenvalue weighted by molar-refractivity contribution is 6.25. The van der Waals surface area contributed by atoms with Crippen molar-refractivity contribution in [2.24, 2.45) is 22.7 Å². The SMILES string of the molecule is CC(=O)C1=C(O)C(C(C)C)[C@@]2(C)[C@H](O)[C@]3(C)C(=C(O)[C@@]2(O)C1=O)C(=O)c1c(ccc(C2=CC=CC2)c1O)[C@H]3C. The van der Waals surface area contributed by atoms with Gasteiger partial charge in [0.1, 0.15) is 22.8 Å². The first kappa shape index (κ1) is 27.1. The van der Waals surface area contributed by atoms with Crippen LogP contribution in [0.4, 0.5) is 0 Å². The van der Waals surface area contributed by atoms with Gasteiger partial charge in [-0.2, -0.15) is 0 Å². The third-order valence-corrected chi connectivity index (χ3v) is 9.95. The third kappa shape index (κ3) is 2.93. The van der Waals surface area contributed by atoms with Crippen LogP contribution < -0.4 is 0 Å². The zero-order chi connectivity index (χ0) is 29.0. The number of aromatic hydroxyl groups is 1. The maximum Gasteiger partial charge on any atom is 0.209 e. The van der Waals surface area contributed by atoms with E-state index in [-0.39, 0.29) is 16.9 Å². The van der Waals surface area contributed by atoms with E-state index >= 15 is 0 Å². The third-order valence-electron chi connectivity index (χ3n) is 9.95. The number of phenols is 1. The number of aliphatic hydroxyl groups is 4. The van der Waals surface area contributed by atoms with Crippen molar-refractivity contribution in [3.8, 4) is 5.75 Å². The molecule has 6 atom stereocenters. The fraction of sp³-hybridized carbons (Fsp3) is 0.452. The first-order valence-electron chi connectivity index (χ1n) is 13.2. The lowest BCUT2D eigenvalue weighted by molar-refractivity contribution is -0.211. The first-order chi connectivity index (χ1) is 18.1. The number of hydrogen-bond acceptors (Lipinski definition) is 8. The molecular formula is C31H34O8. The molecule has 0 radical (unpaired) electrons. The van der Waals surface area contributed by atoms with Crippen LogP contribution in [0, 0.1) is 22.7 Å². The Kier molecular flexibility index (Phi) is 5.74. The Labute approximate surface area is 226 Å².